The van der Waals surface area contributed by atoms with Gasteiger partial charge in [-0.05, 0) is 26.3 Å². The van der Waals surface area contributed by atoms with E-state index in [1.807, 2.05) is 0 Å². The molecule has 1 aliphatic carbocycles. The van der Waals surface area contributed by atoms with Gasteiger partial charge in [0.25, 0.3) is 0 Å². The number of nitrogens with zero attached hydrogens (tertiary/aromatic N) is 3. The minimum absolute atomic E-state index is 0.632. The normalized spacial score (nSPS) is 25.2. The highest BCUT2D eigenvalue weighted by atomic mass is 16.5. The molecule has 1 saturated carbocycles. The zero-order valence-corrected chi connectivity index (χ0v) is 12.6. The molecule has 20 heavy (non-hydrogen) atoms. The molecule has 5 nitrogen and oxygen atoms in total. The van der Waals surface area contributed by atoms with Crippen molar-refractivity contribution in [2.45, 2.75) is 51.9 Å². The molecular weight excluding hydrogens is 252 g/mol. The van der Waals surface area contributed by atoms with Crippen LogP contribution in [0.1, 0.15) is 38.1 Å². The van der Waals surface area contributed by atoms with E-state index < -0.39 is 0 Å². The van der Waals surface area contributed by atoms with E-state index in [9.17, 15) is 0 Å². The predicted molar refractivity (Wildman–Crippen MR) is 78.4 cm³/mol. The van der Waals surface area contributed by atoms with Crippen molar-refractivity contribution < 1.29 is 4.52 Å². The summed E-state index contributed by atoms with van der Waals surface area (Å²) in [7, 11) is 0. The van der Waals surface area contributed by atoms with Crippen LogP contribution < -0.4 is 5.32 Å². The van der Waals surface area contributed by atoms with Crippen molar-refractivity contribution in [2.24, 2.45) is 0 Å². The van der Waals surface area contributed by atoms with Gasteiger partial charge in [-0.3, -0.25) is 9.80 Å². The molecule has 1 atom stereocenters. The molecule has 1 unspecified atom stereocenters. The number of nitrogens with one attached hydrogen (secondary N) is 1. The number of hydrogen-bond acceptors (Lipinski definition) is 5. The van der Waals surface area contributed by atoms with Gasteiger partial charge in [-0.25, -0.2) is 0 Å². The van der Waals surface area contributed by atoms with E-state index in [2.05, 4.69) is 40.2 Å². The van der Waals surface area contributed by atoms with Crippen LogP contribution in [-0.2, 0) is 13.1 Å². The molecule has 2 aliphatic rings. The number of aromatic nitrogens is 1. The number of hydrogen-bond donors (Lipinski definition) is 1. The summed E-state index contributed by atoms with van der Waals surface area (Å²) in [6.45, 7) is 10.8. The van der Waals surface area contributed by atoms with Gasteiger partial charge >= 0.3 is 0 Å². The Morgan fingerprint density at radius 1 is 1.40 bits per heavy atom. The summed E-state index contributed by atoms with van der Waals surface area (Å²) in [5.41, 5.74) is 1.03. The molecule has 1 aliphatic heterocycles. The first-order chi connectivity index (χ1) is 9.74. The molecule has 5 heteroatoms. The molecule has 2 heterocycles. The second-order valence-corrected chi connectivity index (χ2v) is 6.15. The summed E-state index contributed by atoms with van der Waals surface area (Å²) < 4.78 is 5.46. The van der Waals surface area contributed by atoms with Crippen molar-refractivity contribution in [2.75, 3.05) is 26.2 Å². The molecule has 1 aromatic rings. The van der Waals surface area contributed by atoms with E-state index >= 15 is 0 Å². The van der Waals surface area contributed by atoms with Crippen LogP contribution in [0.15, 0.2) is 10.6 Å². The number of likely N-dealkylation sites (N-methyl/N-ethyl adjacent to an activating group) is 1. The molecule has 1 saturated heterocycles. The van der Waals surface area contributed by atoms with E-state index in [0.717, 1.165) is 56.8 Å². The molecule has 112 valence electrons. The summed E-state index contributed by atoms with van der Waals surface area (Å²) in [5, 5.41) is 7.62. The largest absolute Gasteiger partial charge is 0.360 e. The zero-order chi connectivity index (χ0) is 13.9. The van der Waals surface area contributed by atoms with Crippen LogP contribution in [0.2, 0.25) is 0 Å². The Bertz CT molecular complexity index is 429. The van der Waals surface area contributed by atoms with Crippen molar-refractivity contribution in [1.29, 1.82) is 0 Å². The lowest BCUT2D eigenvalue weighted by Crippen LogP contribution is -2.51. The predicted octanol–water partition coefficient (Wildman–Crippen LogP) is 1.45. The van der Waals surface area contributed by atoms with Crippen LogP contribution in [-0.4, -0.2) is 53.2 Å². The zero-order valence-electron chi connectivity index (χ0n) is 12.6. The summed E-state index contributed by atoms with van der Waals surface area (Å²) in [6, 6.07) is 3.46. The van der Waals surface area contributed by atoms with Gasteiger partial charge in [0, 0.05) is 44.3 Å². The molecular formula is C15H26N4O. The van der Waals surface area contributed by atoms with E-state index in [-0.39, 0.29) is 0 Å². The van der Waals surface area contributed by atoms with Crippen LogP contribution in [0.3, 0.4) is 0 Å². The molecule has 0 spiro atoms. The molecule has 3 rings (SSSR count). The van der Waals surface area contributed by atoms with E-state index in [1.165, 1.54) is 12.8 Å². The van der Waals surface area contributed by atoms with E-state index in [1.54, 1.807) is 0 Å². The molecule has 0 aromatic carbocycles. The van der Waals surface area contributed by atoms with Crippen LogP contribution >= 0.6 is 0 Å². The molecule has 0 amide bonds. The van der Waals surface area contributed by atoms with Crippen molar-refractivity contribution in [3.8, 4) is 0 Å². The van der Waals surface area contributed by atoms with Crippen molar-refractivity contribution in [1.82, 2.24) is 20.3 Å². The van der Waals surface area contributed by atoms with Gasteiger partial charge in [0.2, 0.25) is 0 Å². The number of rotatable bonds is 6. The third-order valence-electron chi connectivity index (χ3n) is 4.39. The first-order valence-corrected chi connectivity index (χ1v) is 7.89. The maximum absolute atomic E-state index is 5.46. The summed E-state index contributed by atoms with van der Waals surface area (Å²) >= 11 is 0. The van der Waals surface area contributed by atoms with Gasteiger partial charge in [-0.1, -0.05) is 12.1 Å². The minimum atomic E-state index is 0.632. The first kappa shape index (κ1) is 14.0. The number of piperazine rings is 1. The maximum atomic E-state index is 5.46. The van der Waals surface area contributed by atoms with Crippen molar-refractivity contribution >= 4 is 0 Å². The summed E-state index contributed by atoms with van der Waals surface area (Å²) in [4.78, 5) is 5.00. The second-order valence-electron chi connectivity index (χ2n) is 6.15. The standard InChI is InChI=1S/C15H26N4O/c1-3-19-7-6-18(10-12(19)2)11-15-8-14(17-20-15)9-16-13-4-5-13/h8,12-13,16H,3-7,9-11H2,1-2H3. The Balaban J connectivity index is 1.47. The lowest BCUT2D eigenvalue weighted by atomic mass is 10.2. The molecule has 0 radical (unpaired) electrons. The quantitative estimate of drug-likeness (QED) is 0.853. The average molecular weight is 278 g/mol. The van der Waals surface area contributed by atoms with Gasteiger partial charge in [0.05, 0.1) is 12.2 Å². The monoisotopic (exact) mass is 278 g/mol. The lowest BCUT2D eigenvalue weighted by molar-refractivity contribution is 0.0774. The maximum Gasteiger partial charge on any atom is 0.151 e. The van der Waals surface area contributed by atoms with Gasteiger partial charge in [0.15, 0.2) is 5.76 Å². The summed E-state index contributed by atoms with van der Waals surface area (Å²) in [5.74, 6) is 0.995. The van der Waals surface area contributed by atoms with E-state index in [0.29, 0.717) is 6.04 Å². The second kappa shape index (κ2) is 6.24. The SMILES string of the molecule is CCN1CCN(Cc2cc(CNC3CC3)no2)CC1C. The Morgan fingerprint density at radius 3 is 2.95 bits per heavy atom. The smallest absolute Gasteiger partial charge is 0.151 e. The fourth-order valence-electron chi connectivity index (χ4n) is 2.95. The average Bonchev–Trinajstić information content (AvgIpc) is 3.17. The van der Waals surface area contributed by atoms with Crippen LogP contribution in [0, 0.1) is 0 Å². The van der Waals surface area contributed by atoms with Gasteiger partial charge in [0.1, 0.15) is 0 Å². The third-order valence-corrected chi connectivity index (χ3v) is 4.39. The molecule has 1 aromatic heterocycles. The van der Waals surface area contributed by atoms with Gasteiger partial charge in [-0.2, -0.15) is 0 Å². The summed E-state index contributed by atoms with van der Waals surface area (Å²) in [6.07, 6.45) is 2.62. The van der Waals surface area contributed by atoms with E-state index in [4.69, 9.17) is 4.52 Å². The van der Waals surface area contributed by atoms with Gasteiger partial charge in [-0.15, -0.1) is 0 Å². The molecule has 2 fully saturated rings. The Morgan fingerprint density at radius 2 is 2.25 bits per heavy atom. The fraction of sp³-hybridized carbons (Fsp3) is 0.800. The van der Waals surface area contributed by atoms with Crippen LogP contribution in [0.25, 0.3) is 0 Å². The highest BCUT2D eigenvalue weighted by molar-refractivity contribution is 5.06. The minimum Gasteiger partial charge on any atom is -0.360 e. The highest BCUT2D eigenvalue weighted by Crippen LogP contribution is 2.19. The van der Waals surface area contributed by atoms with Crippen molar-refractivity contribution in [3.63, 3.8) is 0 Å². The molecule has 0 bridgehead atoms. The molecule has 1 N–H and O–H groups in total. The van der Waals surface area contributed by atoms with Gasteiger partial charge < -0.3 is 9.84 Å². The van der Waals surface area contributed by atoms with Crippen molar-refractivity contribution in [3.05, 3.63) is 17.5 Å². The topological polar surface area (TPSA) is 44.5 Å². The Labute approximate surface area is 121 Å². The van der Waals surface area contributed by atoms with Crippen LogP contribution in [0.5, 0.6) is 0 Å². The highest BCUT2D eigenvalue weighted by Gasteiger charge is 2.24. The third kappa shape index (κ3) is 3.59. The Kier molecular flexibility index (Phi) is 4.38. The van der Waals surface area contributed by atoms with Crippen LogP contribution in [0.4, 0.5) is 0 Å². The lowest BCUT2D eigenvalue weighted by Gasteiger charge is -2.38. The Hall–Kier alpha value is -0.910. The fourth-order valence-corrected chi connectivity index (χ4v) is 2.95. The first-order valence-electron chi connectivity index (χ1n) is 7.89.